The number of benzene rings is 1. The maximum absolute atomic E-state index is 13.0. The average molecular weight is 335 g/mol. The maximum atomic E-state index is 13.0. The van der Waals surface area contributed by atoms with Crippen LogP contribution in [-0.2, 0) is 5.60 Å². The summed E-state index contributed by atoms with van der Waals surface area (Å²) in [6, 6.07) is 6.75. The van der Waals surface area contributed by atoms with Crippen molar-refractivity contribution >= 4 is 6.03 Å². The number of carbonyl (C=O) groups excluding carboxylic acids is 1. The summed E-state index contributed by atoms with van der Waals surface area (Å²) >= 11 is 0. The molecule has 3 atom stereocenters. The zero-order chi connectivity index (χ0) is 17.3. The molecule has 0 bridgehead atoms. The Morgan fingerprint density at radius 1 is 1.38 bits per heavy atom. The van der Waals surface area contributed by atoms with E-state index in [9.17, 15) is 14.3 Å². The highest BCUT2D eigenvalue weighted by Gasteiger charge is 2.39. The lowest BCUT2D eigenvalue weighted by molar-refractivity contribution is 0.0592. The molecule has 2 fully saturated rings. The molecule has 24 heavy (non-hydrogen) atoms. The van der Waals surface area contributed by atoms with Crippen molar-refractivity contribution in [3.05, 3.63) is 35.6 Å². The van der Waals surface area contributed by atoms with E-state index in [1.165, 1.54) is 37.1 Å². The van der Waals surface area contributed by atoms with E-state index in [2.05, 4.69) is 22.5 Å². The highest BCUT2D eigenvalue weighted by Crippen LogP contribution is 2.33. The summed E-state index contributed by atoms with van der Waals surface area (Å²) in [5.41, 5.74) is -0.674. The lowest BCUT2D eigenvalue weighted by atomic mass is 9.96. The number of rotatable bonds is 5. The molecule has 5 nitrogen and oxygen atoms in total. The summed E-state index contributed by atoms with van der Waals surface area (Å²) in [6.45, 7) is 4.77. The van der Waals surface area contributed by atoms with Gasteiger partial charge < -0.3 is 15.7 Å². The third kappa shape index (κ3) is 4.05. The fourth-order valence-electron chi connectivity index (χ4n) is 3.48. The monoisotopic (exact) mass is 335 g/mol. The predicted octanol–water partition coefficient (Wildman–Crippen LogP) is 1.96. The second kappa shape index (κ2) is 6.69. The number of nitrogens with one attached hydrogen (secondary N) is 2. The molecular weight excluding hydrogens is 309 g/mol. The summed E-state index contributed by atoms with van der Waals surface area (Å²) in [7, 11) is 0. The first-order valence-electron chi connectivity index (χ1n) is 8.64. The van der Waals surface area contributed by atoms with Crippen LogP contribution in [0.4, 0.5) is 9.18 Å². The van der Waals surface area contributed by atoms with Crippen molar-refractivity contribution in [3.8, 4) is 0 Å². The Morgan fingerprint density at radius 3 is 2.67 bits per heavy atom. The van der Waals surface area contributed by atoms with Gasteiger partial charge in [-0.05, 0) is 50.8 Å². The molecule has 0 aromatic heterocycles. The van der Waals surface area contributed by atoms with Crippen LogP contribution in [0.5, 0.6) is 0 Å². The molecule has 1 aromatic rings. The number of amides is 2. The van der Waals surface area contributed by atoms with Gasteiger partial charge in [-0.2, -0.15) is 0 Å². The molecule has 3 rings (SSSR count). The topological polar surface area (TPSA) is 64.6 Å². The Morgan fingerprint density at radius 2 is 2.04 bits per heavy atom. The van der Waals surface area contributed by atoms with Crippen molar-refractivity contribution in [2.75, 3.05) is 13.1 Å². The Hall–Kier alpha value is -1.66. The molecule has 0 radical (unpaired) electrons. The van der Waals surface area contributed by atoms with E-state index >= 15 is 0 Å². The lowest BCUT2D eigenvalue weighted by Gasteiger charge is -2.25. The quantitative estimate of drug-likeness (QED) is 0.771. The third-order valence-corrected chi connectivity index (χ3v) is 5.03. The van der Waals surface area contributed by atoms with Crippen LogP contribution >= 0.6 is 0 Å². The van der Waals surface area contributed by atoms with Gasteiger partial charge in [0.2, 0.25) is 0 Å². The normalized spacial score (nSPS) is 26.8. The predicted molar refractivity (Wildman–Crippen MR) is 90.1 cm³/mol. The largest absolute Gasteiger partial charge is 0.384 e. The molecule has 0 spiro atoms. The number of carbonyl (C=O) groups is 1. The summed E-state index contributed by atoms with van der Waals surface area (Å²) in [5, 5.41) is 16.2. The number of aliphatic hydroxyl groups is 1. The Kier molecular flexibility index (Phi) is 4.78. The van der Waals surface area contributed by atoms with Gasteiger partial charge in [-0.15, -0.1) is 0 Å². The smallest absolute Gasteiger partial charge is 0.315 e. The molecule has 2 amide bonds. The number of likely N-dealkylation sites (tertiary alicyclic amines) is 1. The van der Waals surface area contributed by atoms with E-state index < -0.39 is 5.60 Å². The second-order valence-corrected chi connectivity index (χ2v) is 7.32. The molecule has 0 unspecified atom stereocenters. The van der Waals surface area contributed by atoms with Gasteiger partial charge in [-0.1, -0.05) is 12.1 Å². The Balaban J connectivity index is 1.47. The summed E-state index contributed by atoms with van der Waals surface area (Å²) in [6.07, 6.45) is 3.49. The minimum Gasteiger partial charge on any atom is -0.384 e. The average Bonchev–Trinajstić information content (AvgIpc) is 3.30. The van der Waals surface area contributed by atoms with Crippen molar-refractivity contribution in [1.29, 1.82) is 0 Å². The van der Waals surface area contributed by atoms with E-state index in [4.69, 9.17) is 0 Å². The van der Waals surface area contributed by atoms with Crippen LogP contribution in [0.3, 0.4) is 0 Å². The van der Waals surface area contributed by atoms with Gasteiger partial charge in [0.25, 0.3) is 0 Å². The number of nitrogens with zero attached hydrogens (tertiary/aromatic N) is 1. The first kappa shape index (κ1) is 17.2. The van der Waals surface area contributed by atoms with Crippen LogP contribution < -0.4 is 10.6 Å². The molecule has 6 heteroatoms. The molecule has 1 aliphatic heterocycles. The van der Waals surface area contributed by atoms with Crippen LogP contribution in [0.1, 0.15) is 38.7 Å². The summed E-state index contributed by atoms with van der Waals surface area (Å²) < 4.78 is 13.0. The number of hydrogen-bond donors (Lipinski definition) is 3. The van der Waals surface area contributed by atoms with Gasteiger partial charge in [-0.3, -0.25) is 4.90 Å². The van der Waals surface area contributed by atoms with Crippen molar-refractivity contribution in [1.82, 2.24) is 15.5 Å². The molecule has 1 heterocycles. The third-order valence-electron chi connectivity index (χ3n) is 5.03. The molecule has 3 N–H and O–H groups in total. The van der Waals surface area contributed by atoms with Crippen molar-refractivity contribution < 1.29 is 14.3 Å². The van der Waals surface area contributed by atoms with Crippen molar-refractivity contribution in [2.24, 2.45) is 0 Å². The highest BCUT2D eigenvalue weighted by molar-refractivity contribution is 5.74. The van der Waals surface area contributed by atoms with Gasteiger partial charge in [-0.25, -0.2) is 9.18 Å². The fourth-order valence-corrected chi connectivity index (χ4v) is 3.48. The maximum Gasteiger partial charge on any atom is 0.315 e. The highest BCUT2D eigenvalue weighted by atomic mass is 19.1. The fraction of sp³-hybridized carbons (Fsp3) is 0.611. The second-order valence-electron chi connectivity index (χ2n) is 7.32. The Bertz CT molecular complexity index is 586. The molecule has 1 saturated carbocycles. The summed E-state index contributed by atoms with van der Waals surface area (Å²) in [4.78, 5) is 14.6. The van der Waals surface area contributed by atoms with Crippen LogP contribution in [0.2, 0.25) is 0 Å². The van der Waals surface area contributed by atoms with E-state index in [1.807, 2.05) is 0 Å². The van der Waals surface area contributed by atoms with Crippen LogP contribution in [-0.4, -0.2) is 47.3 Å². The SMILES string of the molecule is C[C@@H]1C[C@@H](NC(=O)NC[C@](C)(O)c2ccc(F)cc2)CN1C1CC1. The van der Waals surface area contributed by atoms with Gasteiger partial charge in [0.05, 0.1) is 6.54 Å². The standard InChI is InChI=1S/C18H26FN3O2/c1-12-9-15(10-22(12)16-7-8-16)21-17(23)20-11-18(2,24)13-3-5-14(19)6-4-13/h3-6,12,15-16,24H,7-11H2,1-2H3,(H2,20,21,23)/t12-,15-,18+/m1/s1. The first-order valence-corrected chi connectivity index (χ1v) is 8.64. The number of halogens is 1. The molecule has 1 aliphatic carbocycles. The molecule has 2 aliphatic rings. The Labute approximate surface area is 142 Å². The molecule has 132 valence electrons. The number of hydrogen-bond acceptors (Lipinski definition) is 3. The zero-order valence-electron chi connectivity index (χ0n) is 14.3. The van der Waals surface area contributed by atoms with Crippen LogP contribution in [0, 0.1) is 5.82 Å². The van der Waals surface area contributed by atoms with Gasteiger partial charge in [0.15, 0.2) is 0 Å². The van der Waals surface area contributed by atoms with Crippen molar-refractivity contribution in [2.45, 2.75) is 56.8 Å². The van der Waals surface area contributed by atoms with Gasteiger partial charge >= 0.3 is 6.03 Å². The van der Waals surface area contributed by atoms with E-state index in [1.54, 1.807) is 6.92 Å². The van der Waals surface area contributed by atoms with Crippen LogP contribution in [0.25, 0.3) is 0 Å². The van der Waals surface area contributed by atoms with E-state index in [0.717, 1.165) is 13.0 Å². The van der Waals surface area contributed by atoms with E-state index in [0.29, 0.717) is 17.6 Å². The molecule has 1 aromatic carbocycles. The lowest BCUT2D eigenvalue weighted by Crippen LogP contribution is -2.47. The van der Waals surface area contributed by atoms with Gasteiger partial charge in [0.1, 0.15) is 11.4 Å². The van der Waals surface area contributed by atoms with Crippen molar-refractivity contribution in [3.63, 3.8) is 0 Å². The summed E-state index contributed by atoms with van der Waals surface area (Å²) in [5.74, 6) is -0.351. The van der Waals surface area contributed by atoms with Crippen LogP contribution in [0.15, 0.2) is 24.3 Å². The van der Waals surface area contributed by atoms with E-state index in [-0.39, 0.29) is 24.4 Å². The molecule has 1 saturated heterocycles. The minimum absolute atomic E-state index is 0.0685. The zero-order valence-corrected chi connectivity index (χ0v) is 14.3. The first-order chi connectivity index (χ1) is 11.3. The minimum atomic E-state index is -1.24. The molecular formula is C18H26FN3O2. The number of urea groups is 1. The van der Waals surface area contributed by atoms with Gasteiger partial charge in [0, 0.05) is 24.7 Å².